The van der Waals surface area contributed by atoms with Gasteiger partial charge < -0.3 is 10.1 Å². The molecule has 2 aromatic rings. The van der Waals surface area contributed by atoms with Gasteiger partial charge in [0.05, 0.1) is 12.8 Å². The molecular weight excluding hydrogens is 254 g/mol. The molecule has 104 valence electrons. The number of rotatable bonds is 4. The van der Waals surface area contributed by atoms with E-state index in [4.69, 9.17) is 4.74 Å². The van der Waals surface area contributed by atoms with Crippen molar-refractivity contribution in [1.82, 2.24) is 9.78 Å². The summed E-state index contributed by atoms with van der Waals surface area (Å²) in [5.41, 5.74) is 2.51. The first-order valence-electron chi connectivity index (χ1n) is 6.22. The molecule has 0 saturated carbocycles. The van der Waals surface area contributed by atoms with Crippen molar-refractivity contribution in [1.29, 1.82) is 0 Å². The van der Waals surface area contributed by atoms with Crippen LogP contribution in [-0.4, -0.2) is 22.8 Å². The van der Waals surface area contributed by atoms with E-state index in [1.807, 2.05) is 38.4 Å². The maximum atomic E-state index is 11.8. The second-order valence-electron chi connectivity index (χ2n) is 4.40. The fraction of sp³-hybridized carbons (Fsp3) is 0.200. The first-order valence-corrected chi connectivity index (χ1v) is 6.22. The van der Waals surface area contributed by atoms with Gasteiger partial charge in [0, 0.05) is 36.6 Å². The van der Waals surface area contributed by atoms with E-state index in [2.05, 4.69) is 10.4 Å². The Labute approximate surface area is 117 Å². The molecule has 1 aromatic heterocycles. The number of hydrogen-bond acceptors (Lipinski definition) is 3. The molecule has 0 saturated heterocycles. The van der Waals surface area contributed by atoms with Crippen molar-refractivity contribution < 1.29 is 9.53 Å². The van der Waals surface area contributed by atoms with Crippen LogP contribution < -0.4 is 10.1 Å². The molecule has 0 radical (unpaired) electrons. The molecular formula is C15H17N3O2. The number of aromatic nitrogens is 2. The number of anilines is 1. The highest BCUT2D eigenvalue weighted by molar-refractivity contribution is 6.02. The molecule has 1 amide bonds. The quantitative estimate of drug-likeness (QED) is 0.869. The van der Waals surface area contributed by atoms with Crippen LogP contribution in [0.2, 0.25) is 0 Å². The second kappa shape index (κ2) is 6.06. The van der Waals surface area contributed by atoms with Crippen LogP contribution >= 0.6 is 0 Å². The lowest BCUT2D eigenvalue weighted by Crippen LogP contribution is -2.07. The van der Waals surface area contributed by atoms with Crippen molar-refractivity contribution >= 4 is 17.7 Å². The molecule has 0 unspecified atom stereocenters. The summed E-state index contributed by atoms with van der Waals surface area (Å²) >= 11 is 0. The smallest absolute Gasteiger partial charge is 0.248 e. The summed E-state index contributed by atoms with van der Waals surface area (Å²) in [6.07, 6.45) is 5.10. The number of nitrogens with one attached hydrogen (secondary N) is 1. The zero-order chi connectivity index (χ0) is 14.5. The summed E-state index contributed by atoms with van der Waals surface area (Å²) in [6.45, 7) is 1.90. The van der Waals surface area contributed by atoms with Gasteiger partial charge >= 0.3 is 0 Å². The SMILES string of the molecule is COc1cccc(NC(=O)/C=C/c2cn(C)nc2C)c1. The Bertz CT molecular complexity index is 644. The zero-order valence-electron chi connectivity index (χ0n) is 11.8. The van der Waals surface area contributed by atoms with Gasteiger partial charge in [-0.05, 0) is 25.1 Å². The third kappa shape index (κ3) is 3.47. The van der Waals surface area contributed by atoms with Crippen LogP contribution in [0.5, 0.6) is 5.75 Å². The lowest BCUT2D eigenvalue weighted by Gasteiger charge is -2.04. The highest BCUT2D eigenvalue weighted by Crippen LogP contribution is 2.16. The third-order valence-electron chi connectivity index (χ3n) is 2.80. The number of carbonyl (C=O) groups excluding carboxylic acids is 1. The van der Waals surface area contributed by atoms with Gasteiger partial charge in [0.2, 0.25) is 5.91 Å². The van der Waals surface area contributed by atoms with Crippen molar-refractivity contribution in [2.24, 2.45) is 7.05 Å². The van der Waals surface area contributed by atoms with Crippen LogP contribution in [0.3, 0.4) is 0 Å². The van der Waals surface area contributed by atoms with Crippen molar-refractivity contribution in [3.05, 3.63) is 47.8 Å². The number of nitrogens with zero attached hydrogens (tertiary/aromatic N) is 2. The van der Waals surface area contributed by atoms with Gasteiger partial charge in [-0.15, -0.1) is 0 Å². The predicted molar refractivity (Wildman–Crippen MR) is 78.6 cm³/mol. The van der Waals surface area contributed by atoms with E-state index in [1.165, 1.54) is 6.08 Å². The number of methoxy groups -OCH3 is 1. The van der Waals surface area contributed by atoms with E-state index in [-0.39, 0.29) is 5.91 Å². The minimum Gasteiger partial charge on any atom is -0.497 e. The van der Waals surface area contributed by atoms with Crippen LogP contribution in [0.25, 0.3) is 6.08 Å². The number of benzene rings is 1. The Hall–Kier alpha value is -2.56. The Morgan fingerprint density at radius 2 is 2.25 bits per heavy atom. The molecule has 0 aliphatic heterocycles. The first-order chi connectivity index (χ1) is 9.58. The van der Waals surface area contributed by atoms with Gasteiger partial charge in [-0.2, -0.15) is 5.10 Å². The van der Waals surface area contributed by atoms with Gasteiger partial charge in [0.15, 0.2) is 0 Å². The van der Waals surface area contributed by atoms with Crippen molar-refractivity contribution in [3.8, 4) is 5.75 Å². The van der Waals surface area contributed by atoms with Crippen molar-refractivity contribution in [3.63, 3.8) is 0 Å². The van der Waals surface area contributed by atoms with E-state index in [0.29, 0.717) is 11.4 Å². The average molecular weight is 271 g/mol. The molecule has 0 fully saturated rings. The average Bonchev–Trinajstić information content (AvgIpc) is 2.75. The number of amides is 1. The standard InChI is InChI=1S/C15H17N3O2/c1-11-12(10-18(2)17-11)7-8-15(19)16-13-5-4-6-14(9-13)20-3/h4-10H,1-3H3,(H,16,19)/b8-7+. The van der Waals surface area contributed by atoms with Crippen LogP contribution in [-0.2, 0) is 11.8 Å². The molecule has 5 nitrogen and oxygen atoms in total. The maximum Gasteiger partial charge on any atom is 0.248 e. The summed E-state index contributed by atoms with van der Waals surface area (Å²) in [5, 5.41) is 6.99. The molecule has 0 atom stereocenters. The third-order valence-corrected chi connectivity index (χ3v) is 2.80. The van der Waals surface area contributed by atoms with Crippen LogP contribution in [0.4, 0.5) is 5.69 Å². The topological polar surface area (TPSA) is 56.1 Å². The molecule has 0 aliphatic carbocycles. The number of aryl methyl sites for hydroxylation is 2. The lowest BCUT2D eigenvalue weighted by atomic mass is 10.2. The zero-order valence-corrected chi connectivity index (χ0v) is 11.8. The number of ether oxygens (including phenoxy) is 1. The van der Waals surface area contributed by atoms with E-state index in [1.54, 1.807) is 23.9 Å². The van der Waals surface area contributed by atoms with Crippen molar-refractivity contribution in [2.45, 2.75) is 6.92 Å². The molecule has 0 spiro atoms. The molecule has 1 aromatic carbocycles. The van der Waals surface area contributed by atoms with Gasteiger partial charge in [0.25, 0.3) is 0 Å². The Morgan fingerprint density at radius 1 is 1.45 bits per heavy atom. The van der Waals surface area contributed by atoms with E-state index in [0.717, 1.165) is 11.3 Å². The lowest BCUT2D eigenvalue weighted by molar-refractivity contribution is -0.111. The predicted octanol–water partition coefficient (Wildman–Crippen LogP) is 2.39. The molecule has 2 rings (SSSR count). The van der Waals surface area contributed by atoms with Crippen LogP contribution in [0, 0.1) is 6.92 Å². The van der Waals surface area contributed by atoms with E-state index in [9.17, 15) is 4.79 Å². The Morgan fingerprint density at radius 3 is 2.90 bits per heavy atom. The van der Waals surface area contributed by atoms with E-state index >= 15 is 0 Å². The van der Waals surface area contributed by atoms with E-state index < -0.39 is 0 Å². The van der Waals surface area contributed by atoms with Gasteiger partial charge in [-0.1, -0.05) is 6.07 Å². The molecule has 5 heteroatoms. The van der Waals surface area contributed by atoms with Gasteiger partial charge in [0.1, 0.15) is 5.75 Å². The molecule has 0 bridgehead atoms. The number of carbonyl (C=O) groups is 1. The normalized spacial score (nSPS) is 10.8. The van der Waals surface area contributed by atoms with Crippen LogP contribution in [0.1, 0.15) is 11.3 Å². The Kier molecular flexibility index (Phi) is 4.20. The minimum absolute atomic E-state index is 0.193. The maximum absolute atomic E-state index is 11.8. The molecule has 1 heterocycles. The largest absolute Gasteiger partial charge is 0.497 e. The summed E-state index contributed by atoms with van der Waals surface area (Å²) in [4.78, 5) is 11.8. The highest BCUT2D eigenvalue weighted by atomic mass is 16.5. The first kappa shape index (κ1) is 13.9. The fourth-order valence-electron chi connectivity index (χ4n) is 1.83. The molecule has 1 N–H and O–H groups in total. The molecule has 0 aliphatic rings. The Balaban J connectivity index is 2.03. The summed E-state index contributed by atoms with van der Waals surface area (Å²) in [7, 11) is 3.44. The summed E-state index contributed by atoms with van der Waals surface area (Å²) in [5.74, 6) is 0.511. The van der Waals surface area contributed by atoms with Crippen LogP contribution in [0.15, 0.2) is 36.5 Å². The number of hydrogen-bond donors (Lipinski definition) is 1. The minimum atomic E-state index is -0.193. The monoisotopic (exact) mass is 271 g/mol. The van der Waals surface area contributed by atoms with Gasteiger partial charge in [-0.25, -0.2) is 0 Å². The summed E-state index contributed by atoms with van der Waals surface area (Å²) in [6, 6.07) is 7.22. The molecule has 20 heavy (non-hydrogen) atoms. The fourth-order valence-corrected chi connectivity index (χ4v) is 1.83. The highest BCUT2D eigenvalue weighted by Gasteiger charge is 2.02. The summed E-state index contributed by atoms with van der Waals surface area (Å²) < 4.78 is 6.82. The van der Waals surface area contributed by atoms with Crippen molar-refractivity contribution in [2.75, 3.05) is 12.4 Å². The second-order valence-corrected chi connectivity index (χ2v) is 4.40. The van der Waals surface area contributed by atoms with Gasteiger partial charge in [-0.3, -0.25) is 9.48 Å².